The Kier molecular flexibility index (Phi) is 7.36. The van der Waals surface area contributed by atoms with E-state index in [0.29, 0.717) is 18.6 Å². The molecule has 1 saturated carbocycles. The first-order chi connectivity index (χ1) is 15.1. The molecule has 3 N–H and O–H groups in total. The van der Waals surface area contributed by atoms with Crippen LogP contribution in [-0.4, -0.2) is 36.9 Å². The van der Waals surface area contributed by atoms with Gasteiger partial charge in [0.1, 0.15) is 5.75 Å². The zero-order chi connectivity index (χ0) is 21.6. The van der Waals surface area contributed by atoms with Crippen molar-refractivity contribution in [2.45, 2.75) is 64.3 Å². The topological polar surface area (TPSA) is 56.8 Å². The van der Waals surface area contributed by atoms with Crippen molar-refractivity contribution in [3.05, 3.63) is 54.1 Å². The van der Waals surface area contributed by atoms with Crippen molar-refractivity contribution >= 4 is 11.4 Å². The molecule has 0 aromatic heterocycles. The molecule has 1 aliphatic heterocycles. The first-order valence-electron chi connectivity index (χ1n) is 11.9. The minimum atomic E-state index is -0.753. The first kappa shape index (κ1) is 22.0. The van der Waals surface area contributed by atoms with Gasteiger partial charge in [0, 0.05) is 42.1 Å². The highest BCUT2D eigenvalue weighted by Gasteiger charge is 2.26. The fourth-order valence-electron chi connectivity index (χ4n) is 4.58. The summed E-state index contributed by atoms with van der Waals surface area (Å²) in [6.07, 6.45) is 5.90. The lowest BCUT2D eigenvalue weighted by molar-refractivity contribution is 0.208. The van der Waals surface area contributed by atoms with Gasteiger partial charge in [-0.25, -0.2) is 0 Å². The summed E-state index contributed by atoms with van der Waals surface area (Å²) in [5.74, 6) is 1.32. The van der Waals surface area contributed by atoms with Gasteiger partial charge < -0.3 is 25.4 Å². The standard InChI is InChI=1S/C26H37N3O2/c1-19(2)18-31-25-13-7-20(8-14-25)26(30)28-22-9-11-24(12-10-22)29-16-15-23(17-29)27-21-5-3-4-6-21/h7-14,19,21,23,26-28,30H,3-6,15-18H2,1-2H3. The van der Waals surface area contributed by atoms with Crippen molar-refractivity contribution in [2.75, 3.05) is 29.9 Å². The predicted octanol–water partition coefficient (Wildman–Crippen LogP) is 4.94. The molecule has 0 radical (unpaired) electrons. The molecule has 2 fully saturated rings. The number of anilines is 2. The van der Waals surface area contributed by atoms with Gasteiger partial charge >= 0.3 is 0 Å². The van der Waals surface area contributed by atoms with E-state index in [0.717, 1.165) is 36.1 Å². The Labute approximate surface area is 186 Å². The number of hydrogen-bond donors (Lipinski definition) is 3. The van der Waals surface area contributed by atoms with E-state index in [4.69, 9.17) is 4.74 Å². The lowest BCUT2D eigenvalue weighted by atomic mass is 10.1. The monoisotopic (exact) mass is 423 g/mol. The third-order valence-corrected chi connectivity index (χ3v) is 6.33. The lowest BCUT2D eigenvalue weighted by Gasteiger charge is -2.22. The molecular formula is C26H37N3O2. The summed E-state index contributed by atoms with van der Waals surface area (Å²) in [5, 5.41) is 17.6. The van der Waals surface area contributed by atoms with E-state index in [1.54, 1.807) is 0 Å². The molecule has 5 nitrogen and oxygen atoms in total. The summed E-state index contributed by atoms with van der Waals surface area (Å²) in [5.41, 5.74) is 2.99. The minimum Gasteiger partial charge on any atom is -0.493 e. The zero-order valence-corrected chi connectivity index (χ0v) is 18.9. The second-order valence-electron chi connectivity index (χ2n) is 9.45. The van der Waals surface area contributed by atoms with Crippen LogP contribution in [0.5, 0.6) is 5.75 Å². The van der Waals surface area contributed by atoms with Crippen LogP contribution < -0.4 is 20.3 Å². The van der Waals surface area contributed by atoms with Gasteiger partial charge in [-0.15, -0.1) is 0 Å². The van der Waals surface area contributed by atoms with Crippen LogP contribution in [0.15, 0.2) is 48.5 Å². The number of hydrogen-bond acceptors (Lipinski definition) is 5. The van der Waals surface area contributed by atoms with Gasteiger partial charge in [0.05, 0.1) is 6.61 Å². The van der Waals surface area contributed by atoms with Gasteiger partial charge in [-0.3, -0.25) is 0 Å². The number of benzene rings is 2. The van der Waals surface area contributed by atoms with Crippen molar-refractivity contribution < 1.29 is 9.84 Å². The normalized spacial score (nSPS) is 20.4. The molecule has 31 heavy (non-hydrogen) atoms. The Morgan fingerprint density at radius 2 is 1.68 bits per heavy atom. The highest BCUT2D eigenvalue weighted by Crippen LogP contribution is 2.26. The molecule has 1 saturated heterocycles. The molecule has 0 bridgehead atoms. The largest absolute Gasteiger partial charge is 0.493 e. The van der Waals surface area contributed by atoms with E-state index in [1.807, 2.05) is 24.3 Å². The van der Waals surface area contributed by atoms with Crippen LogP contribution in [0.4, 0.5) is 11.4 Å². The summed E-state index contributed by atoms with van der Waals surface area (Å²) in [4.78, 5) is 2.46. The molecule has 5 heteroatoms. The SMILES string of the molecule is CC(C)COc1ccc(C(O)Nc2ccc(N3CCC(NC4CCCC4)C3)cc2)cc1. The maximum absolute atomic E-state index is 10.6. The molecule has 2 unspecified atom stereocenters. The summed E-state index contributed by atoms with van der Waals surface area (Å²) >= 11 is 0. The van der Waals surface area contributed by atoms with Gasteiger partial charge in [0.15, 0.2) is 6.23 Å². The van der Waals surface area contributed by atoms with E-state index in [1.165, 1.54) is 37.8 Å². The van der Waals surface area contributed by atoms with Gasteiger partial charge in [0.25, 0.3) is 0 Å². The lowest BCUT2D eigenvalue weighted by Crippen LogP contribution is -2.38. The van der Waals surface area contributed by atoms with Crippen molar-refractivity contribution in [3.63, 3.8) is 0 Å². The third kappa shape index (κ3) is 6.14. The van der Waals surface area contributed by atoms with Crippen molar-refractivity contribution in [3.8, 4) is 5.75 Å². The Bertz CT molecular complexity index is 800. The van der Waals surface area contributed by atoms with Gasteiger partial charge in [-0.05, 0) is 61.6 Å². The maximum Gasteiger partial charge on any atom is 0.150 e. The summed E-state index contributed by atoms with van der Waals surface area (Å²) < 4.78 is 5.72. The molecule has 2 aromatic rings. The van der Waals surface area contributed by atoms with E-state index >= 15 is 0 Å². The number of nitrogens with zero attached hydrogens (tertiary/aromatic N) is 1. The number of rotatable bonds is 9. The average molecular weight is 424 g/mol. The van der Waals surface area contributed by atoms with Crippen LogP contribution in [0, 0.1) is 5.92 Å². The van der Waals surface area contributed by atoms with Crippen LogP contribution in [0.2, 0.25) is 0 Å². The smallest absolute Gasteiger partial charge is 0.150 e. The highest BCUT2D eigenvalue weighted by molar-refractivity contribution is 5.56. The summed E-state index contributed by atoms with van der Waals surface area (Å²) in [6, 6.07) is 17.4. The minimum absolute atomic E-state index is 0.491. The number of aliphatic hydroxyl groups is 1. The molecule has 2 aromatic carbocycles. The first-order valence-corrected chi connectivity index (χ1v) is 11.9. The zero-order valence-electron chi connectivity index (χ0n) is 18.9. The molecule has 1 aliphatic carbocycles. The number of aliphatic hydroxyl groups excluding tert-OH is 1. The quantitative estimate of drug-likeness (QED) is 0.499. The Hall–Kier alpha value is -2.24. The molecule has 2 atom stereocenters. The Morgan fingerprint density at radius 1 is 0.968 bits per heavy atom. The predicted molar refractivity (Wildman–Crippen MR) is 128 cm³/mol. The Balaban J connectivity index is 1.27. The molecule has 1 heterocycles. The molecule has 168 valence electrons. The maximum atomic E-state index is 10.6. The molecule has 0 spiro atoms. The van der Waals surface area contributed by atoms with E-state index in [9.17, 15) is 5.11 Å². The van der Waals surface area contributed by atoms with Crippen LogP contribution in [0.1, 0.15) is 57.7 Å². The third-order valence-electron chi connectivity index (χ3n) is 6.33. The molecule has 4 rings (SSSR count). The molecule has 2 aliphatic rings. The van der Waals surface area contributed by atoms with Crippen molar-refractivity contribution in [2.24, 2.45) is 5.92 Å². The highest BCUT2D eigenvalue weighted by atomic mass is 16.5. The average Bonchev–Trinajstić information content (AvgIpc) is 3.46. The second kappa shape index (κ2) is 10.4. The van der Waals surface area contributed by atoms with Crippen LogP contribution >= 0.6 is 0 Å². The van der Waals surface area contributed by atoms with E-state index < -0.39 is 6.23 Å². The van der Waals surface area contributed by atoms with E-state index in [-0.39, 0.29) is 0 Å². The van der Waals surface area contributed by atoms with Gasteiger partial charge in [0.2, 0.25) is 0 Å². The fourth-order valence-corrected chi connectivity index (χ4v) is 4.58. The molecule has 0 amide bonds. The summed E-state index contributed by atoms with van der Waals surface area (Å²) in [7, 11) is 0. The molecular weight excluding hydrogens is 386 g/mol. The number of ether oxygens (including phenoxy) is 1. The van der Waals surface area contributed by atoms with Crippen LogP contribution in [0.25, 0.3) is 0 Å². The fraction of sp³-hybridized carbons (Fsp3) is 0.538. The van der Waals surface area contributed by atoms with E-state index in [2.05, 4.69) is 53.6 Å². The van der Waals surface area contributed by atoms with Crippen molar-refractivity contribution in [1.82, 2.24) is 5.32 Å². The summed E-state index contributed by atoms with van der Waals surface area (Å²) in [6.45, 7) is 7.13. The van der Waals surface area contributed by atoms with Crippen LogP contribution in [-0.2, 0) is 0 Å². The van der Waals surface area contributed by atoms with Crippen LogP contribution in [0.3, 0.4) is 0 Å². The van der Waals surface area contributed by atoms with Crippen molar-refractivity contribution in [1.29, 1.82) is 0 Å². The van der Waals surface area contributed by atoms with Gasteiger partial charge in [-0.2, -0.15) is 0 Å². The number of nitrogens with one attached hydrogen (secondary N) is 2. The van der Waals surface area contributed by atoms with Gasteiger partial charge in [-0.1, -0.05) is 38.8 Å². The second-order valence-corrected chi connectivity index (χ2v) is 9.45. The Morgan fingerprint density at radius 3 is 2.35 bits per heavy atom.